The van der Waals surface area contributed by atoms with E-state index >= 15 is 0 Å². The van der Waals surface area contributed by atoms with Crippen LogP contribution in [0.2, 0.25) is 0 Å². The van der Waals surface area contributed by atoms with E-state index in [0.717, 1.165) is 0 Å². The monoisotopic (exact) mass is 297 g/mol. The van der Waals surface area contributed by atoms with Gasteiger partial charge in [-0.2, -0.15) is 0 Å². The summed E-state index contributed by atoms with van der Waals surface area (Å²) in [7, 11) is -1.34. The first-order chi connectivity index (χ1) is 9.43. The molecular formula is C14H19NO4S. The van der Waals surface area contributed by atoms with E-state index in [4.69, 9.17) is 4.74 Å². The molecule has 6 heteroatoms. The SMILES string of the molecule is COc1ccc(C(=O)C(C)N2CCS(=O)(=O)CC2)cc1. The number of sulfone groups is 1. The van der Waals surface area contributed by atoms with Gasteiger partial charge in [-0.25, -0.2) is 8.42 Å². The first kappa shape index (κ1) is 15.0. The minimum Gasteiger partial charge on any atom is -0.497 e. The Morgan fingerprint density at radius 3 is 2.25 bits per heavy atom. The Kier molecular flexibility index (Phi) is 4.45. The minimum absolute atomic E-state index is 0.00644. The molecule has 0 aromatic heterocycles. The molecule has 0 bridgehead atoms. The topological polar surface area (TPSA) is 63.7 Å². The highest BCUT2D eigenvalue weighted by Crippen LogP contribution is 2.16. The van der Waals surface area contributed by atoms with Gasteiger partial charge in [0.2, 0.25) is 0 Å². The maximum absolute atomic E-state index is 12.4. The van der Waals surface area contributed by atoms with E-state index in [-0.39, 0.29) is 23.3 Å². The molecule has 1 saturated heterocycles. The fourth-order valence-corrected chi connectivity index (χ4v) is 3.51. The molecule has 0 spiro atoms. The van der Waals surface area contributed by atoms with Crippen LogP contribution in [0.4, 0.5) is 0 Å². The van der Waals surface area contributed by atoms with Gasteiger partial charge < -0.3 is 4.74 Å². The average molecular weight is 297 g/mol. The Labute approximate surface area is 119 Å². The van der Waals surface area contributed by atoms with Crippen molar-refractivity contribution in [3.63, 3.8) is 0 Å². The third-order valence-electron chi connectivity index (χ3n) is 3.68. The highest BCUT2D eigenvalue weighted by atomic mass is 32.2. The average Bonchev–Trinajstić information content (AvgIpc) is 2.46. The number of rotatable bonds is 4. The lowest BCUT2D eigenvalue weighted by atomic mass is 10.0. The molecule has 1 atom stereocenters. The number of nitrogens with zero attached hydrogens (tertiary/aromatic N) is 1. The van der Waals surface area contributed by atoms with Crippen LogP contribution in [0.1, 0.15) is 17.3 Å². The molecule has 1 aliphatic heterocycles. The van der Waals surface area contributed by atoms with E-state index in [1.807, 2.05) is 11.8 Å². The van der Waals surface area contributed by atoms with Crippen LogP contribution in [0.25, 0.3) is 0 Å². The van der Waals surface area contributed by atoms with Crippen LogP contribution in [-0.4, -0.2) is 56.8 Å². The van der Waals surface area contributed by atoms with Gasteiger partial charge in [-0.15, -0.1) is 0 Å². The Hall–Kier alpha value is -1.40. The maximum Gasteiger partial charge on any atom is 0.179 e. The molecule has 0 saturated carbocycles. The lowest BCUT2D eigenvalue weighted by Crippen LogP contribution is -2.47. The van der Waals surface area contributed by atoms with E-state index in [1.165, 1.54) is 0 Å². The van der Waals surface area contributed by atoms with Crippen molar-refractivity contribution >= 4 is 15.6 Å². The second-order valence-corrected chi connectivity index (χ2v) is 7.26. The van der Waals surface area contributed by atoms with Crippen LogP contribution in [0.3, 0.4) is 0 Å². The molecule has 20 heavy (non-hydrogen) atoms. The second-order valence-electron chi connectivity index (χ2n) is 4.96. The van der Waals surface area contributed by atoms with Crippen LogP contribution < -0.4 is 4.74 Å². The number of carbonyl (C=O) groups is 1. The summed E-state index contributed by atoms with van der Waals surface area (Å²) in [5, 5.41) is 0. The first-order valence-electron chi connectivity index (χ1n) is 6.56. The molecule has 1 aromatic carbocycles. The fourth-order valence-electron chi connectivity index (χ4n) is 2.28. The largest absolute Gasteiger partial charge is 0.497 e. The second kappa shape index (κ2) is 5.93. The van der Waals surface area contributed by atoms with Crippen molar-refractivity contribution in [3.05, 3.63) is 29.8 Å². The summed E-state index contributed by atoms with van der Waals surface area (Å²) in [5.74, 6) is 0.978. The molecule has 0 radical (unpaired) electrons. The van der Waals surface area contributed by atoms with E-state index in [9.17, 15) is 13.2 Å². The maximum atomic E-state index is 12.4. The number of benzene rings is 1. The Morgan fingerprint density at radius 2 is 1.75 bits per heavy atom. The third-order valence-corrected chi connectivity index (χ3v) is 5.29. The van der Waals surface area contributed by atoms with Gasteiger partial charge >= 0.3 is 0 Å². The number of hydrogen-bond donors (Lipinski definition) is 0. The van der Waals surface area contributed by atoms with Crippen molar-refractivity contribution in [3.8, 4) is 5.75 Å². The van der Waals surface area contributed by atoms with Crippen LogP contribution in [-0.2, 0) is 9.84 Å². The molecular weight excluding hydrogens is 278 g/mol. The Balaban J connectivity index is 2.04. The summed E-state index contributed by atoms with van der Waals surface area (Å²) in [6.07, 6.45) is 0. The van der Waals surface area contributed by atoms with Crippen molar-refractivity contribution in [1.82, 2.24) is 4.90 Å². The number of ketones is 1. The van der Waals surface area contributed by atoms with Crippen LogP contribution >= 0.6 is 0 Å². The number of Topliss-reactive ketones (excluding diaryl/α,β-unsaturated/α-hetero) is 1. The van der Waals surface area contributed by atoms with Gasteiger partial charge in [0.25, 0.3) is 0 Å². The smallest absolute Gasteiger partial charge is 0.179 e. The number of methoxy groups -OCH3 is 1. The summed E-state index contributed by atoms with van der Waals surface area (Å²) in [6.45, 7) is 2.67. The van der Waals surface area contributed by atoms with Gasteiger partial charge in [0.1, 0.15) is 5.75 Å². The zero-order valence-corrected chi connectivity index (χ0v) is 12.5. The quantitative estimate of drug-likeness (QED) is 0.776. The summed E-state index contributed by atoms with van der Waals surface area (Å²) < 4.78 is 27.9. The molecule has 0 N–H and O–H groups in total. The van der Waals surface area contributed by atoms with Crippen LogP contribution in [0.15, 0.2) is 24.3 Å². The molecule has 1 unspecified atom stereocenters. The van der Waals surface area contributed by atoms with Crippen molar-refractivity contribution in [2.75, 3.05) is 31.7 Å². The molecule has 1 aliphatic rings. The predicted molar refractivity (Wildman–Crippen MR) is 77.0 cm³/mol. The lowest BCUT2D eigenvalue weighted by molar-refractivity contribution is 0.0848. The standard InChI is InChI=1S/C14H19NO4S/c1-11(15-7-9-20(17,18)10-8-15)14(16)12-3-5-13(19-2)6-4-12/h3-6,11H,7-10H2,1-2H3. The summed E-state index contributed by atoms with van der Waals surface area (Å²) >= 11 is 0. The van der Waals surface area contributed by atoms with Crippen LogP contribution in [0.5, 0.6) is 5.75 Å². The molecule has 0 aliphatic carbocycles. The van der Waals surface area contributed by atoms with E-state index in [2.05, 4.69) is 0 Å². The molecule has 1 aromatic rings. The highest BCUT2D eigenvalue weighted by molar-refractivity contribution is 7.91. The van der Waals surface area contributed by atoms with Gasteiger partial charge in [0.05, 0.1) is 24.7 Å². The van der Waals surface area contributed by atoms with Gasteiger partial charge in [0, 0.05) is 18.7 Å². The molecule has 1 fully saturated rings. The number of hydrogen-bond acceptors (Lipinski definition) is 5. The number of carbonyl (C=O) groups excluding carboxylic acids is 1. The molecule has 0 amide bonds. The van der Waals surface area contributed by atoms with E-state index < -0.39 is 9.84 Å². The Morgan fingerprint density at radius 1 is 1.20 bits per heavy atom. The van der Waals surface area contributed by atoms with Crippen molar-refractivity contribution in [1.29, 1.82) is 0 Å². The predicted octanol–water partition coefficient (Wildman–Crippen LogP) is 0.997. The van der Waals surface area contributed by atoms with Gasteiger partial charge in [-0.1, -0.05) is 0 Å². The van der Waals surface area contributed by atoms with E-state index in [1.54, 1.807) is 31.4 Å². The zero-order chi connectivity index (χ0) is 14.8. The normalized spacial score (nSPS) is 20.3. The summed E-state index contributed by atoms with van der Waals surface area (Å²) in [5.41, 5.74) is 0.617. The van der Waals surface area contributed by atoms with Gasteiger partial charge in [-0.05, 0) is 31.2 Å². The Bertz CT molecular complexity index is 566. The summed E-state index contributed by atoms with van der Waals surface area (Å²) in [4.78, 5) is 14.3. The third kappa shape index (κ3) is 3.37. The van der Waals surface area contributed by atoms with Crippen LogP contribution in [0, 0.1) is 0 Å². The highest BCUT2D eigenvalue weighted by Gasteiger charge is 2.28. The molecule has 5 nitrogen and oxygen atoms in total. The molecule has 110 valence electrons. The molecule has 1 heterocycles. The fraction of sp³-hybridized carbons (Fsp3) is 0.500. The van der Waals surface area contributed by atoms with E-state index in [0.29, 0.717) is 24.4 Å². The zero-order valence-electron chi connectivity index (χ0n) is 11.7. The lowest BCUT2D eigenvalue weighted by Gasteiger charge is -2.31. The van der Waals surface area contributed by atoms with Gasteiger partial charge in [0.15, 0.2) is 15.6 Å². The van der Waals surface area contributed by atoms with Gasteiger partial charge in [-0.3, -0.25) is 9.69 Å². The minimum atomic E-state index is -2.92. The summed E-state index contributed by atoms with van der Waals surface area (Å²) in [6, 6.07) is 6.66. The first-order valence-corrected chi connectivity index (χ1v) is 8.38. The van der Waals surface area contributed by atoms with Crippen molar-refractivity contribution in [2.45, 2.75) is 13.0 Å². The van der Waals surface area contributed by atoms with Crippen molar-refractivity contribution < 1.29 is 17.9 Å². The van der Waals surface area contributed by atoms with Crippen molar-refractivity contribution in [2.24, 2.45) is 0 Å². The number of ether oxygens (including phenoxy) is 1. The molecule has 2 rings (SSSR count).